The van der Waals surface area contributed by atoms with Crippen LogP contribution in [0.5, 0.6) is 0 Å². The van der Waals surface area contributed by atoms with Crippen molar-refractivity contribution in [3.05, 3.63) is 23.8 Å². The Labute approximate surface area is 130 Å². The van der Waals surface area contributed by atoms with Crippen molar-refractivity contribution in [1.82, 2.24) is 0 Å². The first-order valence-corrected chi connectivity index (χ1v) is 8.68. The Morgan fingerprint density at radius 2 is 1.76 bits per heavy atom. The number of aliphatic hydroxyl groups excluding tert-OH is 1. The molecule has 2 fully saturated rings. The summed E-state index contributed by atoms with van der Waals surface area (Å²) < 4.78 is 0. The molecule has 5 atom stereocenters. The molecule has 0 spiro atoms. The molecule has 0 saturated heterocycles. The van der Waals surface area contributed by atoms with Gasteiger partial charge in [-0.3, -0.25) is 0 Å². The fraction of sp³-hybridized carbons (Fsp3) is 0.800. The summed E-state index contributed by atoms with van der Waals surface area (Å²) >= 11 is 0. The van der Waals surface area contributed by atoms with Crippen LogP contribution in [0.15, 0.2) is 23.8 Å². The van der Waals surface area contributed by atoms with Crippen LogP contribution in [0.4, 0.5) is 0 Å². The lowest BCUT2D eigenvalue weighted by atomic mass is 9.40. The Morgan fingerprint density at radius 1 is 1.10 bits per heavy atom. The maximum Gasteiger partial charge on any atom is 0.0594 e. The molecule has 2 saturated carbocycles. The van der Waals surface area contributed by atoms with Crippen molar-refractivity contribution in [1.29, 1.82) is 0 Å². The standard InChI is InChI=1S/C20H32O/c1-13-7-8-16-19(5,14(13)2)11-9-15-18(3,4)17(21)10-12-20(15,16)6/h7,15-17,21H,2,8-12H2,1,3-6H3/t15-,16-,17-,19-,20-/m0/s1. The van der Waals surface area contributed by atoms with E-state index >= 15 is 0 Å². The lowest BCUT2D eigenvalue weighted by Crippen LogP contribution is -2.59. The third-order valence-electron chi connectivity index (χ3n) is 7.85. The molecule has 0 unspecified atom stereocenters. The molecule has 1 nitrogen and oxygen atoms in total. The van der Waals surface area contributed by atoms with Gasteiger partial charge in [-0.1, -0.05) is 45.9 Å². The predicted molar refractivity (Wildman–Crippen MR) is 89.0 cm³/mol. The predicted octanol–water partition coefficient (Wildman–Crippen LogP) is 5.11. The molecule has 0 heterocycles. The van der Waals surface area contributed by atoms with E-state index in [-0.39, 0.29) is 16.9 Å². The molecule has 21 heavy (non-hydrogen) atoms. The van der Waals surface area contributed by atoms with Crippen LogP contribution < -0.4 is 0 Å². The summed E-state index contributed by atoms with van der Waals surface area (Å²) in [7, 11) is 0. The van der Waals surface area contributed by atoms with Gasteiger partial charge < -0.3 is 5.11 Å². The van der Waals surface area contributed by atoms with Gasteiger partial charge in [-0.05, 0) is 72.7 Å². The van der Waals surface area contributed by atoms with E-state index in [0.717, 1.165) is 6.42 Å². The van der Waals surface area contributed by atoms with Crippen LogP contribution in [0, 0.1) is 28.1 Å². The van der Waals surface area contributed by atoms with Gasteiger partial charge in [0.05, 0.1) is 6.10 Å². The second kappa shape index (κ2) is 4.47. The van der Waals surface area contributed by atoms with Crippen molar-refractivity contribution in [2.45, 2.75) is 72.8 Å². The van der Waals surface area contributed by atoms with Gasteiger partial charge in [-0.25, -0.2) is 0 Å². The van der Waals surface area contributed by atoms with E-state index in [2.05, 4.69) is 47.3 Å². The molecule has 3 aliphatic carbocycles. The van der Waals surface area contributed by atoms with Crippen LogP contribution >= 0.6 is 0 Å². The van der Waals surface area contributed by atoms with Crippen LogP contribution in [0.25, 0.3) is 0 Å². The van der Waals surface area contributed by atoms with Crippen molar-refractivity contribution in [2.75, 3.05) is 0 Å². The molecule has 0 aromatic rings. The van der Waals surface area contributed by atoms with Crippen molar-refractivity contribution in [3.63, 3.8) is 0 Å². The van der Waals surface area contributed by atoms with E-state index in [4.69, 9.17) is 0 Å². The maximum atomic E-state index is 10.5. The highest BCUT2D eigenvalue weighted by atomic mass is 16.3. The number of allylic oxidation sites excluding steroid dienone is 3. The Hall–Kier alpha value is -0.560. The van der Waals surface area contributed by atoms with E-state index in [1.807, 2.05) is 0 Å². The van der Waals surface area contributed by atoms with Crippen LogP contribution in [0.1, 0.15) is 66.7 Å². The second-order valence-corrected chi connectivity index (χ2v) is 9.04. The number of hydrogen-bond donors (Lipinski definition) is 1. The summed E-state index contributed by atoms with van der Waals surface area (Å²) in [6.07, 6.45) is 8.08. The fourth-order valence-electron chi connectivity index (χ4n) is 6.30. The van der Waals surface area contributed by atoms with Gasteiger partial charge in [-0.15, -0.1) is 0 Å². The first kappa shape index (κ1) is 15.3. The molecule has 3 rings (SSSR count). The third kappa shape index (κ3) is 1.86. The van der Waals surface area contributed by atoms with E-state index in [0.29, 0.717) is 17.3 Å². The molecule has 3 aliphatic rings. The Kier molecular flexibility index (Phi) is 3.27. The number of rotatable bonds is 0. The average Bonchev–Trinajstić information content (AvgIpc) is 2.40. The van der Waals surface area contributed by atoms with Gasteiger partial charge in [0.15, 0.2) is 0 Å². The molecule has 0 bridgehead atoms. The lowest BCUT2D eigenvalue weighted by molar-refractivity contribution is -0.162. The molecule has 1 heteroatoms. The fourth-order valence-corrected chi connectivity index (χ4v) is 6.30. The van der Waals surface area contributed by atoms with Gasteiger partial charge >= 0.3 is 0 Å². The van der Waals surface area contributed by atoms with Crippen LogP contribution in [-0.4, -0.2) is 11.2 Å². The van der Waals surface area contributed by atoms with E-state index in [9.17, 15) is 5.11 Å². The number of hydrogen-bond acceptors (Lipinski definition) is 1. The normalized spacial score (nSPS) is 49.1. The highest BCUT2D eigenvalue weighted by Crippen LogP contribution is 2.67. The molecule has 0 radical (unpaired) electrons. The summed E-state index contributed by atoms with van der Waals surface area (Å²) in [6.45, 7) is 16.2. The SMILES string of the molecule is C=C1C(C)=CC[C@@H]2[C@@]3(C)CC[C@H](O)C(C)(C)[C@@H]3CC[C@@]12C. The zero-order valence-electron chi connectivity index (χ0n) is 14.5. The minimum atomic E-state index is -0.135. The van der Waals surface area contributed by atoms with Crippen molar-refractivity contribution in [2.24, 2.45) is 28.1 Å². The quantitative estimate of drug-likeness (QED) is 0.656. The first-order chi connectivity index (χ1) is 9.64. The lowest BCUT2D eigenvalue weighted by Gasteiger charge is -2.65. The monoisotopic (exact) mass is 288 g/mol. The Balaban J connectivity index is 2.05. The van der Waals surface area contributed by atoms with Crippen molar-refractivity contribution < 1.29 is 5.11 Å². The van der Waals surface area contributed by atoms with Gasteiger partial charge in [0.2, 0.25) is 0 Å². The molecule has 118 valence electrons. The van der Waals surface area contributed by atoms with E-state index in [1.165, 1.54) is 36.8 Å². The van der Waals surface area contributed by atoms with Crippen LogP contribution in [-0.2, 0) is 0 Å². The smallest absolute Gasteiger partial charge is 0.0594 e. The zero-order valence-corrected chi connectivity index (χ0v) is 14.5. The van der Waals surface area contributed by atoms with Crippen LogP contribution in [0.2, 0.25) is 0 Å². The van der Waals surface area contributed by atoms with E-state index < -0.39 is 0 Å². The minimum Gasteiger partial charge on any atom is -0.393 e. The second-order valence-electron chi connectivity index (χ2n) is 9.04. The molecule has 0 aromatic heterocycles. The van der Waals surface area contributed by atoms with Gasteiger partial charge in [0.25, 0.3) is 0 Å². The summed E-state index contributed by atoms with van der Waals surface area (Å²) in [5.41, 5.74) is 3.44. The molecular formula is C20H32O. The molecular weight excluding hydrogens is 256 g/mol. The highest BCUT2D eigenvalue weighted by molar-refractivity contribution is 5.38. The van der Waals surface area contributed by atoms with E-state index in [1.54, 1.807) is 0 Å². The third-order valence-corrected chi connectivity index (χ3v) is 7.85. The average molecular weight is 288 g/mol. The zero-order chi connectivity index (χ0) is 15.6. The first-order valence-electron chi connectivity index (χ1n) is 8.68. The summed E-state index contributed by atoms with van der Waals surface area (Å²) in [4.78, 5) is 0. The molecule has 0 aromatic carbocycles. The molecule has 0 aliphatic heterocycles. The maximum absolute atomic E-state index is 10.5. The van der Waals surface area contributed by atoms with Gasteiger partial charge in [-0.2, -0.15) is 0 Å². The largest absolute Gasteiger partial charge is 0.393 e. The Morgan fingerprint density at radius 3 is 2.43 bits per heavy atom. The van der Waals surface area contributed by atoms with Crippen molar-refractivity contribution in [3.8, 4) is 0 Å². The summed E-state index contributed by atoms with van der Waals surface area (Å²) in [5, 5.41) is 10.5. The Bertz CT molecular complexity index is 500. The highest BCUT2D eigenvalue weighted by Gasteiger charge is 2.61. The van der Waals surface area contributed by atoms with Gasteiger partial charge in [0.1, 0.15) is 0 Å². The topological polar surface area (TPSA) is 20.2 Å². The number of fused-ring (bicyclic) bond motifs is 3. The van der Waals surface area contributed by atoms with Crippen molar-refractivity contribution >= 4 is 0 Å². The minimum absolute atomic E-state index is 0.0475. The molecule has 0 amide bonds. The molecule has 1 N–H and O–H groups in total. The summed E-state index contributed by atoms with van der Waals surface area (Å²) in [5.74, 6) is 1.32. The summed E-state index contributed by atoms with van der Waals surface area (Å²) in [6, 6.07) is 0. The van der Waals surface area contributed by atoms with Gasteiger partial charge in [0, 0.05) is 0 Å². The number of aliphatic hydroxyl groups is 1. The van der Waals surface area contributed by atoms with Crippen LogP contribution in [0.3, 0.4) is 0 Å².